The van der Waals surface area contributed by atoms with Crippen molar-refractivity contribution in [2.75, 3.05) is 0 Å². The summed E-state index contributed by atoms with van der Waals surface area (Å²) in [5, 5.41) is 3.84. The predicted octanol–water partition coefficient (Wildman–Crippen LogP) is 3.29. The molecule has 0 spiro atoms. The summed E-state index contributed by atoms with van der Waals surface area (Å²) in [7, 11) is 0. The summed E-state index contributed by atoms with van der Waals surface area (Å²) >= 11 is 0. The number of pyridine rings is 1. The minimum atomic E-state index is -0.429. The first-order valence-corrected chi connectivity index (χ1v) is 9.67. The molecular weight excluding hydrogens is 380 g/mol. The first-order valence-electron chi connectivity index (χ1n) is 9.67. The van der Waals surface area contributed by atoms with Crippen LogP contribution in [0.1, 0.15) is 38.6 Å². The molecule has 0 aliphatic heterocycles. The smallest absolute Gasteiger partial charge is 0.264 e. The highest BCUT2D eigenvalue weighted by molar-refractivity contribution is 5.95. The number of amides is 1. The van der Waals surface area contributed by atoms with E-state index >= 15 is 0 Å². The third-order valence-corrected chi connectivity index (χ3v) is 5.12. The van der Waals surface area contributed by atoms with E-state index in [-0.39, 0.29) is 24.2 Å². The molecule has 7 heteroatoms. The van der Waals surface area contributed by atoms with Gasteiger partial charge in [-0.05, 0) is 38.5 Å². The highest BCUT2D eigenvalue weighted by Crippen LogP contribution is 2.24. The zero-order valence-corrected chi connectivity index (χ0v) is 17.1. The molecule has 7 nitrogen and oxygen atoms in total. The number of carbonyl (C=O) groups excluding carboxylic acids is 1. The Kier molecular flexibility index (Phi) is 5.18. The Balaban J connectivity index is 1.56. The molecule has 0 aliphatic carbocycles. The Bertz CT molecular complexity index is 1290. The van der Waals surface area contributed by atoms with E-state index in [4.69, 9.17) is 4.42 Å². The lowest BCUT2D eigenvalue weighted by molar-refractivity contribution is 0.0945. The number of fused-ring (bicyclic) bond motifs is 1. The lowest BCUT2D eigenvalue weighted by atomic mass is 10.1. The number of nitrogens with one attached hydrogen (secondary N) is 1. The molecule has 30 heavy (non-hydrogen) atoms. The van der Waals surface area contributed by atoms with Crippen molar-refractivity contribution in [1.29, 1.82) is 0 Å². The average molecular weight is 402 g/mol. The summed E-state index contributed by atoms with van der Waals surface area (Å²) < 4.78 is 7.31. The molecule has 0 radical (unpaired) electrons. The molecule has 0 atom stereocenters. The summed E-state index contributed by atoms with van der Waals surface area (Å²) in [6.45, 7) is 6.00. The largest absolute Gasteiger partial charge is 0.459 e. The minimum absolute atomic E-state index is 0.117. The van der Waals surface area contributed by atoms with Crippen LogP contribution in [0.3, 0.4) is 0 Å². The number of rotatable bonds is 5. The molecular formula is C23H22N4O3. The van der Waals surface area contributed by atoms with Crippen LogP contribution in [0.4, 0.5) is 0 Å². The lowest BCUT2D eigenvalue weighted by Gasteiger charge is -2.11. The van der Waals surface area contributed by atoms with Crippen molar-refractivity contribution < 1.29 is 9.21 Å². The molecule has 1 amide bonds. The summed E-state index contributed by atoms with van der Waals surface area (Å²) in [5.41, 5.74) is 3.57. The molecule has 0 unspecified atom stereocenters. The van der Waals surface area contributed by atoms with Gasteiger partial charge in [0.2, 0.25) is 0 Å². The number of benzene rings is 1. The van der Waals surface area contributed by atoms with Crippen LogP contribution in [-0.2, 0) is 13.1 Å². The second-order valence-electron chi connectivity index (χ2n) is 7.28. The Morgan fingerprint density at radius 1 is 1.10 bits per heavy atom. The number of carbonyl (C=O) groups is 1. The zero-order valence-electron chi connectivity index (χ0n) is 17.1. The number of nitrogens with zero attached hydrogens (tertiary/aromatic N) is 3. The zero-order chi connectivity index (χ0) is 21.3. The number of hydrogen-bond acceptors (Lipinski definition) is 5. The molecule has 3 aromatic heterocycles. The monoisotopic (exact) mass is 402 g/mol. The topological polar surface area (TPSA) is 90.0 Å². The first-order chi connectivity index (χ1) is 14.4. The summed E-state index contributed by atoms with van der Waals surface area (Å²) in [6, 6.07) is 9.47. The number of aromatic nitrogens is 3. The Labute approximate surface area is 173 Å². The van der Waals surface area contributed by atoms with E-state index in [9.17, 15) is 9.59 Å². The summed E-state index contributed by atoms with van der Waals surface area (Å²) in [6.07, 6.45) is 4.95. The molecule has 1 N–H and O–H groups in total. The van der Waals surface area contributed by atoms with E-state index in [1.54, 1.807) is 31.6 Å². The molecule has 4 rings (SSSR count). The number of aryl methyl sites for hydroxylation is 3. The van der Waals surface area contributed by atoms with Crippen molar-refractivity contribution in [2.45, 2.75) is 33.9 Å². The van der Waals surface area contributed by atoms with Gasteiger partial charge in [0.05, 0.1) is 30.7 Å². The van der Waals surface area contributed by atoms with Gasteiger partial charge >= 0.3 is 0 Å². The van der Waals surface area contributed by atoms with Crippen LogP contribution in [0.15, 0.2) is 58.1 Å². The normalized spacial score (nSPS) is 11.0. The predicted molar refractivity (Wildman–Crippen MR) is 113 cm³/mol. The van der Waals surface area contributed by atoms with Crippen LogP contribution in [0.5, 0.6) is 0 Å². The van der Waals surface area contributed by atoms with E-state index in [0.717, 1.165) is 22.2 Å². The van der Waals surface area contributed by atoms with Gasteiger partial charge in [0, 0.05) is 23.3 Å². The Morgan fingerprint density at radius 3 is 2.63 bits per heavy atom. The fourth-order valence-electron chi connectivity index (χ4n) is 3.38. The van der Waals surface area contributed by atoms with Gasteiger partial charge in [-0.1, -0.05) is 18.2 Å². The third kappa shape index (κ3) is 3.74. The van der Waals surface area contributed by atoms with Crippen molar-refractivity contribution in [1.82, 2.24) is 19.9 Å². The molecule has 0 fully saturated rings. The van der Waals surface area contributed by atoms with Crippen molar-refractivity contribution in [3.05, 3.63) is 93.1 Å². The van der Waals surface area contributed by atoms with E-state index in [0.29, 0.717) is 17.0 Å². The highest BCUT2D eigenvalue weighted by atomic mass is 16.3. The molecule has 4 aromatic rings. The highest BCUT2D eigenvalue weighted by Gasteiger charge is 2.18. The van der Waals surface area contributed by atoms with Gasteiger partial charge in [-0.15, -0.1) is 0 Å². The maximum Gasteiger partial charge on any atom is 0.264 e. The van der Waals surface area contributed by atoms with E-state index in [1.807, 2.05) is 38.1 Å². The molecule has 0 aliphatic rings. The summed E-state index contributed by atoms with van der Waals surface area (Å²) in [4.78, 5) is 34.3. The molecule has 3 heterocycles. The van der Waals surface area contributed by atoms with E-state index in [1.165, 1.54) is 4.57 Å². The second kappa shape index (κ2) is 7.94. The standard InChI is InChI=1S/C23H22N4O3/c1-14-8-9-27(13-17-11-24-15(2)10-25-17)23(29)21(14)22(28)26-12-20-16(3)18-6-4-5-7-19(18)30-20/h4-11H,12-13H2,1-3H3,(H,26,28). The molecule has 0 saturated heterocycles. The van der Waals surface area contributed by atoms with Crippen LogP contribution in [-0.4, -0.2) is 20.4 Å². The fraction of sp³-hybridized carbons (Fsp3) is 0.217. The van der Waals surface area contributed by atoms with Crippen molar-refractivity contribution in [2.24, 2.45) is 0 Å². The fourth-order valence-corrected chi connectivity index (χ4v) is 3.38. The van der Waals surface area contributed by atoms with Gasteiger partial charge in [-0.3, -0.25) is 19.6 Å². The minimum Gasteiger partial charge on any atom is -0.459 e. The average Bonchev–Trinajstić information content (AvgIpc) is 3.06. The van der Waals surface area contributed by atoms with E-state index < -0.39 is 5.91 Å². The Morgan fingerprint density at radius 2 is 1.90 bits per heavy atom. The molecule has 1 aromatic carbocycles. The van der Waals surface area contributed by atoms with Crippen molar-refractivity contribution in [3.8, 4) is 0 Å². The maximum atomic E-state index is 13.0. The van der Waals surface area contributed by atoms with Gasteiger partial charge in [0.15, 0.2) is 0 Å². The van der Waals surface area contributed by atoms with Gasteiger partial charge < -0.3 is 14.3 Å². The van der Waals surface area contributed by atoms with Gasteiger partial charge in [-0.25, -0.2) is 0 Å². The molecule has 152 valence electrons. The molecule has 0 bridgehead atoms. The van der Waals surface area contributed by atoms with Gasteiger partial charge in [-0.2, -0.15) is 0 Å². The number of furan rings is 1. The number of hydrogen-bond donors (Lipinski definition) is 1. The van der Waals surface area contributed by atoms with Crippen LogP contribution in [0.25, 0.3) is 11.0 Å². The van der Waals surface area contributed by atoms with E-state index in [2.05, 4.69) is 15.3 Å². The van der Waals surface area contributed by atoms with Crippen LogP contribution < -0.4 is 10.9 Å². The quantitative estimate of drug-likeness (QED) is 0.553. The first kappa shape index (κ1) is 19.6. The van der Waals surface area contributed by atoms with Crippen LogP contribution >= 0.6 is 0 Å². The van der Waals surface area contributed by atoms with Crippen molar-refractivity contribution in [3.63, 3.8) is 0 Å². The van der Waals surface area contributed by atoms with Crippen molar-refractivity contribution >= 4 is 16.9 Å². The van der Waals surface area contributed by atoms with Gasteiger partial charge in [0.1, 0.15) is 16.9 Å². The SMILES string of the molecule is Cc1cnc(Cn2ccc(C)c(C(=O)NCc3oc4ccccc4c3C)c2=O)cn1. The summed E-state index contributed by atoms with van der Waals surface area (Å²) in [5.74, 6) is 0.245. The lowest BCUT2D eigenvalue weighted by Crippen LogP contribution is -2.34. The maximum absolute atomic E-state index is 13.0. The second-order valence-corrected chi connectivity index (χ2v) is 7.28. The Hall–Kier alpha value is -3.74. The van der Waals surface area contributed by atoms with Crippen LogP contribution in [0, 0.1) is 20.8 Å². The van der Waals surface area contributed by atoms with Crippen LogP contribution in [0.2, 0.25) is 0 Å². The number of para-hydroxylation sites is 1. The van der Waals surface area contributed by atoms with Gasteiger partial charge in [0.25, 0.3) is 11.5 Å². The molecule has 0 saturated carbocycles. The third-order valence-electron chi connectivity index (χ3n) is 5.12.